The minimum absolute atomic E-state index is 0.0181. The number of hydrogen-bond acceptors (Lipinski definition) is 8. The fourth-order valence-corrected chi connectivity index (χ4v) is 13.2. The summed E-state index contributed by atoms with van der Waals surface area (Å²) in [5, 5.41) is -0.0181. The lowest BCUT2D eigenvalue weighted by Gasteiger charge is -2.37. The molecule has 1 aromatic rings. The Hall–Kier alpha value is 0.0569. The molecule has 0 spiro atoms. The van der Waals surface area contributed by atoms with Gasteiger partial charge in [0.2, 0.25) is 0 Å². The second-order valence-corrected chi connectivity index (χ2v) is 24.3. The third kappa shape index (κ3) is 5.33. The number of rotatable bonds is 6. The third-order valence-corrected chi connectivity index (χ3v) is 19.9. The lowest BCUT2D eigenvalue weighted by molar-refractivity contribution is -0.0437. The molecule has 3 rings (SSSR count). The molecule has 2 aliphatic rings. The van der Waals surface area contributed by atoms with Crippen LogP contribution in [-0.4, -0.2) is 54.4 Å². The minimum Gasteiger partial charge on any atom is -0.414 e. The zero-order valence-electron chi connectivity index (χ0n) is 17.6. The van der Waals surface area contributed by atoms with Crippen LogP contribution in [0.5, 0.6) is 0 Å². The second-order valence-electron chi connectivity index (χ2n) is 8.78. The van der Waals surface area contributed by atoms with Crippen LogP contribution in [0.25, 0.3) is 0 Å². The van der Waals surface area contributed by atoms with Gasteiger partial charge in [0.15, 0.2) is 25.4 Å². The van der Waals surface area contributed by atoms with Crippen LogP contribution in [0.15, 0.2) is 21.9 Å². The maximum atomic E-state index is 15.6. The Morgan fingerprint density at radius 3 is 2.57 bits per heavy atom. The molecule has 1 aromatic heterocycles. The van der Waals surface area contributed by atoms with Crippen LogP contribution in [0.2, 0.25) is 18.1 Å². The number of hydrogen-bond donors (Lipinski definition) is 1. The van der Waals surface area contributed by atoms with Crippen LogP contribution in [0.4, 0.5) is 4.39 Å². The first-order valence-electron chi connectivity index (χ1n) is 9.65. The van der Waals surface area contributed by atoms with E-state index in [-0.39, 0.29) is 11.6 Å². The van der Waals surface area contributed by atoms with Gasteiger partial charge in [-0.3, -0.25) is 14.3 Å². The molecule has 4 atom stereocenters. The van der Waals surface area contributed by atoms with Crippen LogP contribution in [0.3, 0.4) is 0 Å². The predicted octanol–water partition coefficient (Wildman–Crippen LogP) is 3.88. The Labute approximate surface area is 189 Å². The van der Waals surface area contributed by atoms with Crippen molar-refractivity contribution in [3.63, 3.8) is 0 Å². The number of aromatic nitrogens is 2. The van der Waals surface area contributed by atoms with E-state index in [1.807, 2.05) is 0 Å². The Morgan fingerprint density at radius 2 is 2.00 bits per heavy atom. The summed E-state index contributed by atoms with van der Waals surface area (Å²) in [6.45, 7) is 10.7. The molecule has 2 aliphatic heterocycles. The van der Waals surface area contributed by atoms with E-state index in [1.165, 1.54) is 6.20 Å². The highest BCUT2D eigenvalue weighted by atomic mass is 33.2. The first kappa shape index (κ1) is 24.7. The number of aromatic amines is 1. The molecule has 1 N–H and O–H groups in total. The molecule has 2 fully saturated rings. The number of alkyl halides is 1. The molecule has 0 unspecified atom stereocenters. The van der Waals surface area contributed by atoms with Gasteiger partial charge in [0, 0.05) is 23.8 Å². The van der Waals surface area contributed by atoms with Crippen LogP contribution in [0.1, 0.15) is 27.0 Å². The molecule has 0 radical (unpaired) electrons. The van der Waals surface area contributed by atoms with E-state index in [9.17, 15) is 9.59 Å². The van der Waals surface area contributed by atoms with Crippen LogP contribution in [-0.2, 0) is 25.5 Å². The van der Waals surface area contributed by atoms with Gasteiger partial charge in [0.25, 0.3) is 5.56 Å². The Kier molecular flexibility index (Phi) is 7.51. The third-order valence-electron chi connectivity index (χ3n) is 5.64. The molecule has 0 amide bonds. The monoisotopic (exact) mass is 514 g/mol. The van der Waals surface area contributed by atoms with E-state index < -0.39 is 48.8 Å². The number of nitrogens with zero attached hydrogens (tertiary/aromatic N) is 1. The summed E-state index contributed by atoms with van der Waals surface area (Å²) in [7, 11) is -2.11. The zero-order chi connectivity index (χ0) is 22.3. The molecular formula is C17H28FN2O5PS3Si. The van der Waals surface area contributed by atoms with Crippen molar-refractivity contribution >= 4 is 47.6 Å². The Balaban J connectivity index is 1.86. The van der Waals surface area contributed by atoms with Crippen LogP contribution in [0, 0.1) is 0 Å². The highest BCUT2D eigenvalue weighted by Crippen LogP contribution is 2.75. The van der Waals surface area contributed by atoms with E-state index in [1.54, 1.807) is 22.8 Å². The zero-order valence-corrected chi connectivity index (χ0v) is 22.0. The molecule has 0 bridgehead atoms. The van der Waals surface area contributed by atoms with Crippen molar-refractivity contribution in [1.82, 2.24) is 9.55 Å². The summed E-state index contributed by atoms with van der Waals surface area (Å²) in [4.78, 5) is 25.7. The standard InChI is InChI=1S/C17H28FN2O5PS3Si/c1-17(2,3)30(4,5)23-10-11-14(25-26(27)28-8-9-29-26)13(18)15(24-11)20-7-6-12(21)19-16(20)22/h6-7,11,13-15H,8-10H2,1-5H3,(H,19,21,22)/t11-,13-,14-,15-/m1/s1. The van der Waals surface area contributed by atoms with Crippen molar-refractivity contribution in [2.24, 2.45) is 0 Å². The molecule has 7 nitrogen and oxygen atoms in total. The Morgan fingerprint density at radius 1 is 1.37 bits per heavy atom. The fourth-order valence-electron chi connectivity index (χ4n) is 2.86. The molecule has 0 saturated carbocycles. The number of nitrogens with one attached hydrogen (secondary N) is 1. The summed E-state index contributed by atoms with van der Waals surface area (Å²) in [5.41, 5.74) is -1.28. The normalized spacial score (nSPS) is 29.4. The average molecular weight is 515 g/mol. The van der Waals surface area contributed by atoms with Crippen molar-refractivity contribution in [3.8, 4) is 0 Å². The molecule has 0 aromatic carbocycles. The van der Waals surface area contributed by atoms with Crippen molar-refractivity contribution in [3.05, 3.63) is 33.1 Å². The highest BCUT2D eigenvalue weighted by molar-refractivity contribution is 9.00. The number of H-pyrrole nitrogens is 1. The topological polar surface area (TPSA) is 82.5 Å². The van der Waals surface area contributed by atoms with Gasteiger partial charge in [-0.05, 0) is 29.9 Å². The van der Waals surface area contributed by atoms with E-state index >= 15 is 4.39 Å². The van der Waals surface area contributed by atoms with Gasteiger partial charge in [0.05, 0.1) is 6.61 Å². The van der Waals surface area contributed by atoms with E-state index in [4.69, 9.17) is 25.5 Å². The molecule has 170 valence electrons. The van der Waals surface area contributed by atoms with Gasteiger partial charge < -0.3 is 13.7 Å². The maximum absolute atomic E-state index is 15.6. The largest absolute Gasteiger partial charge is 0.414 e. The van der Waals surface area contributed by atoms with E-state index in [2.05, 4.69) is 38.8 Å². The highest BCUT2D eigenvalue weighted by Gasteiger charge is 2.51. The molecule has 0 aliphatic carbocycles. The molecule has 3 heterocycles. The van der Waals surface area contributed by atoms with E-state index in [0.29, 0.717) is 0 Å². The fraction of sp³-hybridized carbons (Fsp3) is 0.765. The summed E-state index contributed by atoms with van der Waals surface area (Å²) in [6, 6.07) is 1.16. The molecular weight excluding hydrogens is 486 g/mol. The molecule has 30 heavy (non-hydrogen) atoms. The van der Waals surface area contributed by atoms with Gasteiger partial charge in [-0.15, -0.1) is 0 Å². The second kappa shape index (κ2) is 9.13. The first-order chi connectivity index (χ1) is 13.8. The first-order valence-corrected chi connectivity index (χ1v) is 18.5. The lowest BCUT2D eigenvalue weighted by atomic mass is 10.1. The smallest absolute Gasteiger partial charge is 0.330 e. The van der Waals surface area contributed by atoms with Gasteiger partial charge >= 0.3 is 5.69 Å². The van der Waals surface area contributed by atoms with Gasteiger partial charge in [-0.1, -0.05) is 43.5 Å². The van der Waals surface area contributed by atoms with Crippen LogP contribution >= 0.6 is 27.4 Å². The van der Waals surface area contributed by atoms with E-state index in [0.717, 1.165) is 22.1 Å². The predicted molar refractivity (Wildman–Crippen MR) is 127 cm³/mol. The SMILES string of the molecule is CC(C)(C)[Si](C)(C)OC[C@H]1O[C@@H](n2ccc(=O)[nH]c2=O)[C@H](F)[C@@H]1OP1(=S)SCCS1. The van der Waals surface area contributed by atoms with Gasteiger partial charge in [0.1, 0.15) is 12.2 Å². The minimum atomic E-state index is -2.27. The summed E-state index contributed by atoms with van der Waals surface area (Å²) < 4.78 is 32.7. The lowest BCUT2D eigenvalue weighted by Crippen LogP contribution is -2.44. The van der Waals surface area contributed by atoms with Gasteiger partial charge in [-0.25, -0.2) is 9.18 Å². The summed E-state index contributed by atoms with van der Waals surface area (Å²) >= 11 is 8.79. The van der Waals surface area contributed by atoms with Crippen molar-refractivity contribution in [1.29, 1.82) is 0 Å². The molecule has 2 saturated heterocycles. The van der Waals surface area contributed by atoms with Crippen molar-refractivity contribution in [2.75, 3.05) is 18.1 Å². The molecule has 13 heteroatoms. The number of ether oxygens (including phenoxy) is 1. The Bertz CT molecular complexity index is 927. The van der Waals surface area contributed by atoms with Crippen molar-refractivity contribution in [2.45, 2.75) is 63.5 Å². The quantitative estimate of drug-likeness (QED) is 0.452. The van der Waals surface area contributed by atoms with Gasteiger partial charge in [-0.2, -0.15) is 0 Å². The average Bonchev–Trinajstić information content (AvgIpc) is 3.18. The van der Waals surface area contributed by atoms with Crippen LogP contribution < -0.4 is 11.2 Å². The van der Waals surface area contributed by atoms with Crippen molar-refractivity contribution < 1.29 is 18.1 Å². The summed E-state index contributed by atoms with van der Waals surface area (Å²) in [5.74, 6) is 1.75. The maximum Gasteiger partial charge on any atom is 0.330 e. The number of halogens is 1. The summed E-state index contributed by atoms with van der Waals surface area (Å²) in [6.07, 6.45) is -3.25.